The fourth-order valence-corrected chi connectivity index (χ4v) is 3.84. The molecule has 1 aromatic rings. The topological polar surface area (TPSA) is 21.3 Å². The lowest BCUT2D eigenvalue weighted by Gasteiger charge is -2.14. The molecule has 1 N–H and O–H groups in total. The summed E-state index contributed by atoms with van der Waals surface area (Å²) in [4.78, 5) is 1.28. The summed E-state index contributed by atoms with van der Waals surface area (Å²) < 4.78 is 5.41. The molecular formula is C15H23NOS. The Kier molecular flexibility index (Phi) is 5.39. The molecule has 0 heterocycles. The number of nitrogens with one attached hydrogen (secondary N) is 1. The van der Waals surface area contributed by atoms with E-state index in [-0.39, 0.29) is 0 Å². The van der Waals surface area contributed by atoms with Crippen LogP contribution in [0.5, 0.6) is 5.75 Å². The molecule has 1 aliphatic rings. The minimum Gasteiger partial charge on any atom is -0.496 e. The first-order valence-corrected chi connectivity index (χ1v) is 7.74. The zero-order valence-corrected chi connectivity index (χ0v) is 12.1. The Labute approximate surface area is 114 Å². The Morgan fingerprint density at radius 1 is 1.33 bits per heavy atom. The second kappa shape index (κ2) is 7.05. The van der Waals surface area contributed by atoms with Gasteiger partial charge in [-0.05, 0) is 44.4 Å². The van der Waals surface area contributed by atoms with Gasteiger partial charge >= 0.3 is 0 Å². The highest BCUT2D eigenvalue weighted by Gasteiger charge is 2.25. The second-order valence-corrected chi connectivity index (χ2v) is 6.20. The molecule has 0 radical (unpaired) electrons. The van der Waals surface area contributed by atoms with Gasteiger partial charge in [0.1, 0.15) is 5.75 Å². The van der Waals surface area contributed by atoms with Gasteiger partial charge in [-0.25, -0.2) is 0 Å². The van der Waals surface area contributed by atoms with Gasteiger partial charge in [-0.3, -0.25) is 0 Å². The van der Waals surface area contributed by atoms with Crippen LogP contribution in [-0.2, 0) is 0 Å². The van der Waals surface area contributed by atoms with Gasteiger partial charge in [0.2, 0.25) is 0 Å². The van der Waals surface area contributed by atoms with E-state index >= 15 is 0 Å². The standard InChI is InChI=1S/C15H23NOS/c1-3-10-16-12-8-9-13(11-12)18-15-7-5-4-6-14(15)17-2/h4-7,12-13,16H,3,8-11H2,1-2H3. The fraction of sp³-hybridized carbons (Fsp3) is 0.600. The molecule has 2 unspecified atom stereocenters. The third-order valence-corrected chi connectivity index (χ3v) is 4.78. The Morgan fingerprint density at radius 2 is 2.17 bits per heavy atom. The highest BCUT2D eigenvalue weighted by Crippen LogP contribution is 2.38. The van der Waals surface area contributed by atoms with Crippen LogP contribution >= 0.6 is 11.8 Å². The van der Waals surface area contributed by atoms with Gasteiger partial charge in [-0.2, -0.15) is 0 Å². The van der Waals surface area contributed by atoms with Crippen molar-refractivity contribution in [2.75, 3.05) is 13.7 Å². The third-order valence-electron chi connectivity index (χ3n) is 3.43. The maximum absolute atomic E-state index is 5.41. The normalized spacial score (nSPS) is 23.2. The Bertz CT molecular complexity index is 369. The van der Waals surface area contributed by atoms with Crippen molar-refractivity contribution >= 4 is 11.8 Å². The SMILES string of the molecule is CCCNC1CCC(Sc2ccccc2OC)C1. The largest absolute Gasteiger partial charge is 0.496 e. The minimum atomic E-state index is 0.720. The molecule has 1 saturated carbocycles. The molecule has 0 bridgehead atoms. The van der Waals surface area contributed by atoms with Crippen LogP contribution in [0, 0.1) is 0 Å². The van der Waals surface area contributed by atoms with Crippen LogP contribution in [0.3, 0.4) is 0 Å². The lowest BCUT2D eigenvalue weighted by Crippen LogP contribution is -2.27. The second-order valence-electron chi connectivity index (χ2n) is 4.85. The molecule has 1 aromatic carbocycles. The van der Waals surface area contributed by atoms with E-state index in [9.17, 15) is 0 Å². The van der Waals surface area contributed by atoms with E-state index in [1.165, 1.54) is 30.6 Å². The molecule has 1 fully saturated rings. The molecule has 100 valence electrons. The number of methoxy groups -OCH3 is 1. The van der Waals surface area contributed by atoms with Crippen molar-refractivity contribution in [1.29, 1.82) is 0 Å². The van der Waals surface area contributed by atoms with Crippen molar-refractivity contribution in [3.8, 4) is 5.75 Å². The maximum Gasteiger partial charge on any atom is 0.132 e. The quantitative estimate of drug-likeness (QED) is 0.847. The van der Waals surface area contributed by atoms with Crippen LogP contribution < -0.4 is 10.1 Å². The van der Waals surface area contributed by atoms with Crippen LogP contribution in [0.1, 0.15) is 32.6 Å². The molecule has 0 aromatic heterocycles. The van der Waals surface area contributed by atoms with Crippen LogP contribution in [-0.4, -0.2) is 24.9 Å². The third kappa shape index (κ3) is 3.66. The first-order valence-electron chi connectivity index (χ1n) is 6.86. The van der Waals surface area contributed by atoms with Gasteiger partial charge < -0.3 is 10.1 Å². The Morgan fingerprint density at radius 3 is 2.94 bits per heavy atom. The summed E-state index contributed by atoms with van der Waals surface area (Å²) in [7, 11) is 1.75. The average Bonchev–Trinajstić information content (AvgIpc) is 2.84. The summed E-state index contributed by atoms with van der Waals surface area (Å²) in [6, 6.07) is 9.05. The highest BCUT2D eigenvalue weighted by molar-refractivity contribution is 8.00. The van der Waals surface area contributed by atoms with Crippen LogP contribution in [0.2, 0.25) is 0 Å². The summed E-state index contributed by atoms with van der Waals surface area (Å²) in [5, 5.41) is 4.36. The van der Waals surface area contributed by atoms with Crippen LogP contribution in [0.25, 0.3) is 0 Å². The van der Waals surface area contributed by atoms with E-state index in [2.05, 4.69) is 24.4 Å². The minimum absolute atomic E-state index is 0.720. The number of hydrogen-bond acceptors (Lipinski definition) is 3. The molecular weight excluding hydrogens is 242 g/mol. The summed E-state index contributed by atoms with van der Waals surface area (Å²) in [6.45, 7) is 3.37. The number of hydrogen-bond donors (Lipinski definition) is 1. The predicted octanol–water partition coefficient (Wildman–Crippen LogP) is 3.71. The first-order chi connectivity index (χ1) is 8.83. The lowest BCUT2D eigenvalue weighted by atomic mass is 10.2. The smallest absolute Gasteiger partial charge is 0.132 e. The first kappa shape index (κ1) is 13.8. The molecule has 0 spiro atoms. The fourth-order valence-electron chi connectivity index (χ4n) is 2.48. The van der Waals surface area contributed by atoms with Crippen LogP contribution in [0.15, 0.2) is 29.2 Å². The van der Waals surface area contributed by atoms with Crippen molar-refractivity contribution in [2.24, 2.45) is 0 Å². The number of ether oxygens (including phenoxy) is 1. The lowest BCUT2D eigenvalue weighted by molar-refractivity contribution is 0.404. The van der Waals surface area contributed by atoms with Crippen molar-refractivity contribution in [2.45, 2.75) is 48.8 Å². The maximum atomic E-state index is 5.41. The molecule has 1 aliphatic carbocycles. The van der Waals surface area contributed by atoms with Gasteiger partial charge in [0.25, 0.3) is 0 Å². The molecule has 0 aliphatic heterocycles. The summed E-state index contributed by atoms with van der Waals surface area (Å²) in [5.74, 6) is 1.01. The predicted molar refractivity (Wildman–Crippen MR) is 78.6 cm³/mol. The molecule has 2 atom stereocenters. The van der Waals surface area contributed by atoms with Crippen LogP contribution in [0.4, 0.5) is 0 Å². The van der Waals surface area contributed by atoms with Crippen molar-refractivity contribution in [1.82, 2.24) is 5.32 Å². The average molecular weight is 265 g/mol. The van der Waals surface area contributed by atoms with E-state index in [4.69, 9.17) is 4.74 Å². The molecule has 0 amide bonds. The Hall–Kier alpha value is -0.670. The number of rotatable bonds is 6. The number of para-hydroxylation sites is 1. The summed E-state index contributed by atoms with van der Waals surface area (Å²) in [6.07, 6.45) is 5.13. The van der Waals surface area contributed by atoms with Gasteiger partial charge in [0.05, 0.1) is 7.11 Å². The monoisotopic (exact) mass is 265 g/mol. The van der Waals surface area contributed by atoms with E-state index in [1.54, 1.807) is 7.11 Å². The zero-order valence-electron chi connectivity index (χ0n) is 11.3. The van der Waals surface area contributed by atoms with Gasteiger partial charge in [0.15, 0.2) is 0 Å². The van der Waals surface area contributed by atoms with Crippen molar-refractivity contribution in [3.05, 3.63) is 24.3 Å². The molecule has 2 rings (SSSR count). The van der Waals surface area contributed by atoms with Crippen molar-refractivity contribution in [3.63, 3.8) is 0 Å². The molecule has 3 heteroatoms. The molecule has 0 saturated heterocycles. The molecule has 2 nitrogen and oxygen atoms in total. The van der Waals surface area contributed by atoms with Gasteiger partial charge in [-0.15, -0.1) is 11.8 Å². The van der Waals surface area contributed by atoms with E-state index in [0.29, 0.717) is 0 Å². The van der Waals surface area contributed by atoms with E-state index < -0.39 is 0 Å². The zero-order chi connectivity index (χ0) is 12.8. The summed E-state index contributed by atoms with van der Waals surface area (Å²) >= 11 is 1.97. The number of thioether (sulfide) groups is 1. The number of benzene rings is 1. The van der Waals surface area contributed by atoms with Gasteiger partial charge in [0, 0.05) is 16.2 Å². The van der Waals surface area contributed by atoms with Gasteiger partial charge in [-0.1, -0.05) is 19.1 Å². The van der Waals surface area contributed by atoms with Crippen molar-refractivity contribution < 1.29 is 4.74 Å². The van der Waals surface area contributed by atoms with E-state index in [0.717, 1.165) is 23.6 Å². The summed E-state index contributed by atoms with van der Waals surface area (Å²) in [5.41, 5.74) is 0. The molecule has 18 heavy (non-hydrogen) atoms. The Balaban J connectivity index is 1.87. The van der Waals surface area contributed by atoms with E-state index in [1.807, 2.05) is 23.9 Å². The highest BCUT2D eigenvalue weighted by atomic mass is 32.2.